The first-order valence-corrected chi connectivity index (χ1v) is 12.1. The minimum atomic E-state index is -1.40. The van der Waals surface area contributed by atoms with Crippen LogP contribution in [0.3, 0.4) is 0 Å². The van der Waals surface area contributed by atoms with Crippen molar-refractivity contribution in [1.29, 1.82) is 0 Å². The monoisotopic (exact) mass is 425 g/mol. The fourth-order valence-electron chi connectivity index (χ4n) is 3.88. The van der Waals surface area contributed by atoms with Gasteiger partial charge in [-0.05, 0) is 43.3 Å². The predicted octanol–water partition coefficient (Wildman–Crippen LogP) is 4.95. The number of fused-ring (bicyclic) bond motifs is 1. The summed E-state index contributed by atoms with van der Waals surface area (Å²) in [6.07, 6.45) is 0. The molecule has 4 rings (SSSR count). The maximum Gasteiger partial charge on any atom is 0.283 e. The summed E-state index contributed by atoms with van der Waals surface area (Å²) in [6.45, 7) is 7.17. The van der Waals surface area contributed by atoms with Gasteiger partial charge in [0.2, 0.25) is 0 Å². The number of hydrogen-bond acceptors (Lipinski definition) is 2. The van der Waals surface area contributed by atoms with Crippen LogP contribution in [0.4, 0.5) is 0 Å². The molecule has 3 heteroatoms. The molecule has 0 aliphatic heterocycles. The Balaban J connectivity index is 1.72. The van der Waals surface area contributed by atoms with E-state index in [1.807, 2.05) is 18.2 Å². The lowest BCUT2D eigenvalue weighted by molar-refractivity contribution is 0.273. The topological polar surface area (TPSA) is 29.5 Å². The van der Waals surface area contributed by atoms with E-state index in [9.17, 15) is 5.11 Å². The Morgan fingerprint density at radius 3 is 1.94 bits per heavy atom. The maximum atomic E-state index is 10.0. The van der Waals surface area contributed by atoms with Crippen LogP contribution in [0.1, 0.15) is 37.5 Å². The van der Waals surface area contributed by atoms with Gasteiger partial charge in [-0.15, -0.1) is 0 Å². The summed E-state index contributed by atoms with van der Waals surface area (Å²) in [7, 11) is -1.40. The van der Waals surface area contributed by atoms with Crippen LogP contribution in [0, 0.1) is 0 Å². The van der Waals surface area contributed by atoms with Crippen LogP contribution in [0.25, 0.3) is 10.8 Å². The summed E-state index contributed by atoms with van der Waals surface area (Å²) in [5, 5.41) is 14.8. The van der Waals surface area contributed by atoms with E-state index in [2.05, 4.69) is 93.6 Å². The van der Waals surface area contributed by atoms with Crippen LogP contribution in [0.15, 0.2) is 91.0 Å². The first-order valence-electron chi connectivity index (χ1n) is 10.7. The van der Waals surface area contributed by atoms with Gasteiger partial charge in [0.15, 0.2) is 0 Å². The van der Waals surface area contributed by atoms with Gasteiger partial charge in [0.25, 0.3) is 9.04 Å². The Morgan fingerprint density at radius 1 is 0.774 bits per heavy atom. The van der Waals surface area contributed by atoms with Crippen LogP contribution < -0.4 is 10.4 Å². The lowest BCUT2D eigenvalue weighted by Gasteiger charge is -2.21. The number of benzene rings is 4. The first kappa shape index (κ1) is 21.5. The lowest BCUT2D eigenvalue weighted by Crippen LogP contribution is -2.44. The molecule has 0 aliphatic rings. The SMILES string of the molecule is CC(C)(C)c1ccc2c(CO[Si](c3ccccc3)c3ccccc3)c(CO)ccc2c1. The van der Waals surface area contributed by atoms with Crippen molar-refractivity contribution in [1.82, 2.24) is 0 Å². The van der Waals surface area contributed by atoms with E-state index in [-0.39, 0.29) is 12.0 Å². The van der Waals surface area contributed by atoms with Crippen LogP contribution >= 0.6 is 0 Å². The Labute approximate surface area is 186 Å². The number of aliphatic hydroxyl groups is 1. The molecule has 4 aromatic rings. The molecule has 2 nitrogen and oxygen atoms in total. The van der Waals surface area contributed by atoms with E-state index < -0.39 is 9.04 Å². The largest absolute Gasteiger partial charge is 0.403 e. The molecule has 157 valence electrons. The summed E-state index contributed by atoms with van der Waals surface area (Å²) >= 11 is 0. The van der Waals surface area contributed by atoms with Crippen molar-refractivity contribution >= 4 is 30.2 Å². The molecule has 0 saturated heterocycles. The van der Waals surface area contributed by atoms with Crippen molar-refractivity contribution in [3.63, 3.8) is 0 Å². The highest BCUT2D eigenvalue weighted by atomic mass is 28.3. The van der Waals surface area contributed by atoms with Gasteiger partial charge < -0.3 is 9.53 Å². The fourth-order valence-corrected chi connectivity index (χ4v) is 5.83. The minimum absolute atomic E-state index is 0.00834. The molecular formula is C28H29O2Si. The summed E-state index contributed by atoms with van der Waals surface area (Å²) in [4.78, 5) is 0. The van der Waals surface area contributed by atoms with Gasteiger partial charge in [-0.25, -0.2) is 0 Å². The average Bonchev–Trinajstić information content (AvgIpc) is 2.79. The molecular weight excluding hydrogens is 396 g/mol. The van der Waals surface area contributed by atoms with Crippen molar-refractivity contribution < 1.29 is 9.53 Å². The number of rotatable bonds is 6. The Hall–Kier alpha value is -2.72. The van der Waals surface area contributed by atoms with Crippen molar-refractivity contribution in [2.75, 3.05) is 0 Å². The molecule has 1 radical (unpaired) electrons. The van der Waals surface area contributed by atoms with E-state index in [0.717, 1.165) is 16.5 Å². The predicted molar refractivity (Wildman–Crippen MR) is 131 cm³/mol. The summed E-state index contributed by atoms with van der Waals surface area (Å²) in [5.74, 6) is 0. The van der Waals surface area contributed by atoms with Crippen LogP contribution in [0.5, 0.6) is 0 Å². The summed E-state index contributed by atoms with van der Waals surface area (Å²) < 4.78 is 6.64. The summed E-state index contributed by atoms with van der Waals surface area (Å²) in [5.41, 5.74) is 3.41. The Morgan fingerprint density at radius 2 is 1.39 bits per heavy atom. The van der Waals surface area contributed by atoms with Gasteiger partial charge in [-0.2, -0.15) is 0 Å². The second-order valence-corrected chi connectivity index (χ2v) is 11.0. The third kappa shape index (κ3) is 4.80. The zero-order valence-electron chi connectivity index (χ0n) is 18.4. The maximum absolute atomic E-state index is 10.0. The summed E-state index contributed by atoms with van der Waals surface area (Å²) in [6, 6.07) is 31.7. The Bertz CT molecular complexity index is 1110. The average molecular weight is 426 g/mol. The van der Waals surface area contributed by atoms with Crippen molar-refractivity contribution in [3.05, 3.63) is 108 Å². The number of hydrogen-bond donors (Lipinski definition) is 1. The second kappa shape index (κ2) is 9.19. The third-order valence-corrected chi connectivity index (χ3v) is 7.85. The van der Waals surface area contributed by atoms with Crippen molar-refractivity contribution in [3.8, 4) is 0 Å². The molecule has 0 unspecified atom stereocenters. The van der Waals surface area contributed by atoms with Gasteiger partial charge >= 0.3 is 0 Å². The van der Waals surface area contributed by atoms with E-state index in [1.165, 1.54) is 21.3 Å². The molecule has 0 fully saturated rings. The first-order chi connectivity index (χ1) is 15.0. The van der Waals surface area contributed by atoms with Gasteiger partial charge in [0.05, 0.1) is 13.2 Å². The van der Waals surface area contributed by atoms with Crippen molar-refractivity contribution in [2.24, 2.45) is 0 Å². The molecule has 0 aromatic heterocycles. The molecule has 0 saturated carbocycles. The van der Waals surface area contributed by atoms with Crippen LogP contribution in [0.2, 0.25) is 0 Å². The van der Waals surface area contributed by atoms with Crippen molar-refractivity contribution in [2.45, 2.75) is 39.4 Å². The smallest absolute Gasteiger partial charge is 0.283 e. The highest BCUT2D eigenvalue weighted by Gasteiger charge is 2.21. The fraction of sp³-hybridized carbons (Fsp3) is 0.214. The van der Waals surface area contributed by atoms with E-state index >= 15 is 0 Å². The second-order valence-electron chi connectivity index (χ2n) is 8.90. The van der Waals surface area contributed by atoms with E-state index in [1.54, 1.807) is 0 Å². The zero-order valence-corrected chi connectivity index (χ0v) is 19.4. The molecule has 0 atom stereocenters. The highest BCUT2D eigenvalue weighted by Crippen LogP contribution is 2.29. The minimum Gasteiger partial charge on any atom is -0.403 e. The molecule has 4 aromatic carbocycles. The Kier molecular flexibility index (Phi) is 6.37. The van der Waals surface area contributed by atoms with Gasteiger partial charge in [0, 0.05) is 0 Å². The molecule has 31 heavy (non-hydrogen) atoms. The van der Waals surface area contributed by atoms with E-state index in [0.29, 0.717) is 6.61 Å². The molecule has 1 N–H and O–H groups in total. The lowest BCUT2D eigenvalue weighted by atomic mass is 9.85. The molecule has 0 aliphatic carbocycles. The van der Waals surface area contributed by atoms with Gasteiger partial charge in [0.1, 0.15) is 0 Å². The zero-order chi connectivity index (χ0) is 21.8. The normalized spacial score (nSPS) is 11.9. The molecule has 0 bridgehead atoms. The van der Waals surface area contributed by atoms with Gasteiger partial charge in [-0.1, -0.05) is 112 Å². The molecule has 0 heterocycles. The van der Waals surface area contributed by atoms with E-state index in [4.69, 9.17) is 4.43 Å². The van der Waals surface area contributed by atoms with Crippen LogP contribution in [-0.2, 0) is 23.1 Å². The quantitative estimate of drug-likeness (QED) is 0.443. The highest BCUT2D eigenvalue weighted by molar-refractivity contribution is 6.80. The molecule has 0 amide bonds. The number of aliphatic hydroxyl groups excluding tert-OH is 1. The molecule has 0 spiro atoms. The third-order valence-electron chi connectivity index (χ3n) is 5.70. The van der Waals surface area contributed by atoms with Crippen LogP contribution in [-0.4, -0.2) is 14.1 Å². The standard InChI is InChI=1S/C28H29O2Si/c1-28(2,3)23-16-17-26-21(18-23)14-15-22(19-29)27(26)20-30-31(24-10-6-4-7-11-24)25-12-8-5-9-13-25/h4-18,29H,19-20H2,1-3H3. The van der Waals surface area contributed by atoms with Gasteiger partial charge in [-0.3, -0.25) is 0 Å².